The van der Waals surface area contributed by atoms with Crippen LogP contribution in [0.15, 0.2) is 0 Å². The fourth-order valence-corrected chi connectivity index (χ4v) is 0. The summed E-state index contributed by atoms with van der Waals surface area (Å²) in [5, 5.41) is 0. The maximum absolute atomic E-state index is 10.9. The van der Waals surface area contributed by atoms with E-state index in [4.69, 9.17) is 5.73 Å². The Morgan fingerprint density at radius 2 is 2.20 bits per heavy atom. The highest BCUT2D eigenvalue weighted by Gasteiger charge is 1.85. The third kappa shape index (κ3) is 3.89. The van der Waals surface area contributed by atoms with Gasteiger partial charge in [-0.3, -0.25) is 5.73 Å². The van der Waals surface area contributed by atoms with E-state index in [2.05, 4.69) is 0 Å². The van der Waals surface area contributed by atoms with Gasteiger partial charge in [0.05, 0.1) is 0 Å². The lowest BCUT2D eigenvalue weighted by Gasteiger charge is -1.86. The fourth-order valence-electron chi connectivity index (χ4n) is 0. The second-order valence-corrected chi connectivity index (χ2v) is 1.06. The lowest BCUT2D eigenvalue weighted by Crippen LogP contribution is -2.02. The molecule has 5 heavy (non-hydrogen) atoms. The molecule has 31 valence electrons. The Kier molecular flexibility index (Phi) is 2.10. The molecule has 0 aliphatic rings. The Morgan fingerprint density at radius 3 is 2.20 bits per heavy atom. The van der Waals surface area contributed by atoms with E-state index in [1.807, 2.05) is 0 Å². The van der Waals surface area contributed by atoms with E-state index < -0.39 is 12.7 Å². The van der Waals surface area contributed by atoms with Crippen LogP contribution < -0.4 is 5.73 Å². The van der Waals surface area contributed by atoms with Gasteiger partial charge in [-0.1, -0.05) is 0 Å². The van der Waals surface area contributed by atoms with E-state index in [1.165, 1.54) is 6.92 Å². The summed E-state index contributed by atoms with van der Waals surface area (Å²) < 4.78 is 10.9. The van der Waals surface area contributed by atoms with Gasteiger partial charge in [0, 0.05) is 6.04 Å². The van der Waals surface area contributed by atoms with Crippen LogP contribution in [0.2, 0.25) is 0 Å². The molecule has 0 bridgehead atoms. The predicted molar refractivity (Wildman–Crippen MR) is 18.5 cm³/mol. The molecule has 0 heterocycles. The summed E-state index contributed by atoms with van der Waals surface area (Å²) in [5.41, 5.74) is 6.45. The summed E-state index contributed by atoms with van der Waals surface area (Å²) in [5.74, 6) is 0. The third-order valence-electron chi connectivity index (χ3n) is 0.231. The van der Waals surface area contributed by atoms with Crippen molar-refractivity contribution in [2.45, 2.75) is 13.0 Å². The predicted octanol–water partition coefficient (Wildman–Crippen LogP) is 0.627. The van der Waals surface area contributed by atoms with Crippen molar-refractivity contribution in [3.05, 3.63) is 0 Å². The Hall–Kier alpha value is -0.110. The van der Waals surface area contributed by atoms with Crippen LogP contribution in [0, 0.1) is 0 Å². The Bertz CT molecular complexity index is 20.9. The molecule has 1 N–H and O–H groups in total. The summed E-state index contributed by atoms with van der Waals surface area (Å²) in [7, 11) is 0. The molecule has 1 atom stereocenters. The van der Waals surface area contributed by atoms with Gasteiger partial charge in [-0.2, -0.15) is 0 Å². The first-order valence-corrected chi connectivity index (χ1v) is 1.54. The number of alkyl halides is 1. The van der Waals surface area contributed by atoms with Crippen molar-refractivity contribution in [2.24, 2.45) is 0 Å². The average Bonchev–Trinajstić information content (AvgIpc) is 1.38. The van der Waals surface area contributed by atoms with Gasteiger partial charge in [0.25, 0.3) is 0 Å². The maximum Gasteiger partial charge on any atom is 0.106 e. The first-order valence-electron chi connectivity index (χ1n) is 1.54. The zero-order chi connectivity index (χ0) is 4.28. The molecule has 0 rings (SSSR count). The molecule has 2 heteroatoms. The highest BCUT2D eigenvalue weighted by atomic mass is 19.1. The molecular weight excluding hydrogens is 69.0 g/mol. The van der Waals surface area contributed by atoms with Crippen molar-refractivity contribution in [2.75, 3.05) is 6.67 Å². The topological polar surface area (TPSA) is 23.8 Å². The third-order valence-corrected chi connectivity index (χ3v) is 0.231. The molecule has 0 aliphatic carbocycles. The number of halogens is 1. The number of hydrogen-bond donors (Lipinski definition) is 0. The van der Waals surface area contributed by atoms with Gasteiger partial charge in [-0.05, 0) is 6.92 Å². The van der Waals surface area contributed by atoms with Crippen molar-refractivity contribution in [1.29, 1.82) is 0 Å². The number of nitrogens with one attached hydrogen (secondary N) is 1. The average molecular weight is 76.1 g/mol. The molecule has 0 saturated heterocycles. The Labute approximate surface area is 31.0 Å². The van der Waals surface area contributed by atoms with Crippen LogP contribution >= 0.6 is 0 Å². The van der Waals surface area contributed by atoms with E-state index in [0.29, 0.717) is 0 Å². The minimum absolute atomic E-state index is 0.528. The van der Waals surface area contributed by atoms with E-state index in [1.54, 1.807) is 0 Å². The van der Waals surface area contributed by atoms with Crippen LogP contribution in [0.4, 0.5) is 4.39 Å². The summed E-state index contributed by atoms with van der Waals surface area (Å²) >= 11 is 0. The molecular formula is C3H7FN. The zero-order valence-electron chi connectivity index (χ0n) is 3.16. The highest BCUT2D eigenvalue weighted by molar-refractivity contribution is 4.42. The molecule has 0 aromatic carbocycles. The van der Waals surface area contributed by atoms with E-state index >= 15 is 0 Å². The van der Waals surface area contributed by atoms with Gasteiger partial charge in [0.2, 0.25) is 0 Å². The van der Waals surface area contributed by atoms with Gasteiger partial charge < -0.3 is 0 Å². The van der Waals surface area contributed by atoms with Crippen molar-refractivity contribution in [3.63, 3.8) is 0 Å². The largest absolute Gasteiger partial charge is 0.252 e. The number of hydrogen-bond acceptors (Lipinski definition) is 0. The molecule has 0 fully saturated rings. The quantitative estimate of drug-likeness (QED) is 0.437. The van der Waals surface area contributed by atoms with Gasteiger partial charge in [0.1, 0.15) is 6.67 Å². The van der Waals surface area contributed by atoms with Gasteiger partial charge >= 0.3 is 0 Å². The Balaban J connectivity index is 2.54. The van der Waals surface area contributed by atoms with Gasteiger partial charge in [0.15, 0.2) is 0 Å². The van der Waals surface area contributed by atoms with Crippen LogP contribution in [-0.4, -0.2) is 12.7 Å². The van der Waals surface area contributed by atoms with Crippen molar-refractivity contribution >= 4 is 0 Å². The standard InChI is InChI=1S/C3H7FN/c1-3(5)2-4/h3,5H,2H2,1H3. The van der Waals surface area contributed by atoms with E-state index in [0.717, 1.165) is 0 Å². The molecule has 0 amide bonds. The molecule has 0 saturated carbocycles. The fraction of sp³-hybridized carbons (Fsp3) is 1.00. The van der Waals surface area contributed by atoms with Crippen LogP contribution in [-0.2, 0) is 0 Å². The first kappa shape index (κ1) is 4.89. The molecule has 0 aliphatic heterocycles. The second kappa shape index (κ2) is 2.15. The van der Waals surface area contributed by atoms with Crippen LogP contribution in [0.1, 0.15) is 6.92 Å². The summed E-state index contributed by atoms with van der Waals surface area (Å²) in [4.78, 5) is 0. The molecule has 1 nitrogen and oxygen atoms in total. The Morgan fingerprint density at radius 1 is 2.00 bits per heavy atom. The molecule has 0 aromatic heterocycles. The monoisotopic (exact) mass is 76.1 g/mol. The second-order valence-electron chi connectivity index (χ2n) is 1.06. The van der Waals surface area contributed by atoms with E-state index in [-0.39, 0.29) is 0 Å². The van der Waals surface area contributed by atoms with Crippen molar-refractivity contribution < 1.29 is 4.39 Å². The summed E-state index contributed by atoms with van der Waals surface area (Å²) in [6.45, 7) is 0.986. The normalized spacial score (nSPS) is 15.0. The smallest absolute Gasteiger partial charge is 0.106 e. The highest BCUT2D eigenvalue weighted by Crippen LogP contribution is 1.73. The SMILES string of the molecule is CC([NH])CF. The molecule has 1 unspecified atom stereocenters. The van der Waals surface area contributed by atoms with Crippen molar-refractivity contribution in [3.8, 4) is 0 Å². The minimum Gasteiger partial charge on any atom is -0.252 e. The molecule has 1 radical (unpaired) electrons. The summed E-state index contributed by atoms with van der Waals surface area (Å²) in [6.07, 6.45) is 0. The molecule has 0 spiro atoms. The minimum atomic E-state index is -0.532. The first-order chi connectivity index (χ1) is 2.27. The molecule has 0 aromatic rings. The van der Waals surface area contributed by atoms with Crippen LogP contribution in [0.25, 0.3) is 0 Å². The lowest BCUT2D eigenvalue weighted by atomic mass is 10.4. The maximum atomic E-state index is 10.9. The van der Waals surface area contributed by atoms with E-state index in [9.17, 15) is 4.39 Å². The summed E-state index contributed by atoms with van der Waals surface area (Å²) in [6, 6.07) is -0.532. The van der Waals surface area contributed by atoms with Gasteiger partial charge in [-0.25, -0.2) is 4.39 Å². The van der Waals surface area contributed by atoms with Gasteiger partial charge in [-0.15, -0.1) is 0 Å². The number of rotatable bonds is 1. The van der Waals surface area contributed by atoms with Crippen LogP contribution in [0.5, 0.6) is 0 Å². The van der Waals surface area contributed by atoms with Crippen molar-refractivity contribution in [1.82, 2.24) is 5.73 Å². The van der Waals surface area contributed by atoms with Crippen LogP contribution in [0.3, 0.4) is 0 Å². The zero-order valence-corrected chi connectivity index (χ0v) is 3.16. The lowest BCUT2D eigenvalue weighted by molar-refractivity contribution is 0.439.